The van der Waals surface area contributed by atoms with Gasteiger partial charge in [0.1, 0.15) is 11.2 Å². The Morgan fingerprint density at radius 2 is 1.31 bits per heavy atom. The van der Waals surface area contributed by atoms with Crippen LogP contribution in [0.4, 0.5) is 0 Å². The molecular formula is C28H42N2O6. The molecule has 200 valence electrons. The van der Waals surface area contributed by atoms with Crippen LogP contribution in [0.2, 0.25) is 0 Å². The minimum atomic E-state index is -0.429. The Labute approximate surface area is 215 Å². The fourth-order valence-corrected chi connectivity index (χ4v) is 2.34. The number of hydrogen-bond donors (Lipinski definition) is 2. The van der Waals surface area contributed by atoms with Crippen molar-refractivity contribution in [1.82, 2.24) is 5.48 Å². The van der Waals surface area contributed by atoms with Crippen LogP contribution >= 0.6 is 0 Å². The van der Waals surface area contributed by atoms with Gasteiger partial charge < -0.3 is 9.47 Å². The lowest BCUT2D eigenvalue weighted by Gasteiger charge is -2.19. The third kappa shape index (κ3) is 21.5. The highest BCUT2D eigenvalue weighted by Crippen LogP contribution is 2.08. The zero-order valence-corrected chi connectivity index (χ0v) is 22.4. The largest absolute Gasteiger partial charge is 0.460 e. The van der Waals surface area contributed by atoms with E-state index in [-0.39, 0.29) is 11.9 Å². The molecule has 0 aromatic heterocycles. The number of ether oxygens (including phenoxy) is 2. The minimum absolute atomic E-state index is 0.224. The fourth-order valence-electron chi connectivity index (χ4n) is 2.34. The first-order valence-corrected chi connectivity index (χ1v) is 11.7. The van der Waals surface area contributed by atoms with E-state index in [0.29, 0.717) is 26.2 Å². The molecule has 0 amide bonds. The second-order valence-corrected chi connectivity index (χ2v) is 9.54. The summed E-state index contributed by atoms with van der Waals surface area (Å²) in [6.45, 7) is 15.7. The van der Waals surface area contributed by atoms with Crippen molar-refractivity contribution in [3.05, 3.63) is 84.4 Å². The van der Waals surface area contributed by atoms with Gasteiger partial charge in [-0.2, -0.15) is 0 Å². The van der Waals surface area contributed by atoms with Crippen LogP contribution in [0, 0.1) is 0 Å². The van der Waals surface area contributed by atoms with Crippen LogP contribution < -0.4 is 11.4 Å². The molecule has 0 spiro atoms. The number of carbonyl (C=O) groups excluding carboxylic acids is 2. The molecule has 0 aliphatic carbocycles. The van der Waals surface area contributed by atoms with Crippen LogP contribution in [0.15, 0.2) is 73.3 Å². The highest BCUT2D eigenvalue weighted by molar-refractivity contribution is 5.81. The number of nitrogens with one attached hydrogen (secondary N) is 1. The summed E-state index contributed by atoms with van der Waals surface area (Å²) in [4.78, 5) is 31.5. The number of benzene rings is 2. The summed E-state index contributed by atoms with van der Waals surface area (Å²) in [5.74, 6) is 4.26. The maximum atomic E-state index is 11.4. The third-order valence-electron chi connectivity index (χ3n) is 3.70. The molecule has 0 heterocycles. The molecule has 0 saturated carbocycles. The van der Waals surface area contributed by atoms with E-state index in [9.17, 15) is 9.59 Å². The van der Waals surface area contributed by atoms with Gasteiger partial charge in [0.25, 0.3) is 0 Å². The molecule has 0 fully saturated rings. The Hall–Kier alpha value is -3.04. The smallest absolute Gasteiger partial charge is 0.330 e. The average molecular weight is 503 g/mol. The molecule has 36 heavy (non-hydrogen) atoms. The number of carbonyl (C=O) groups is 2. The molecule has 2 rings (SSSR count). The summed E-state index contributed by atoms with van der Waals surface area (Å²) in [6.07, 6.45) is 1.46. The molecule has 0 radical (unpaired) electrons. The second kappa shape index (κ2) is 18.3. The van der Waals surface area contributed by atoms with Crippen LogP contribution in [-0.4, -0.2) is 29.7 Å². The highest BCUT2D eigenvalue weighted by atomic mass is 16.6. The maximum absolute atomic E-state index is 11.4. The summed E-state index contributed by atoms with van der Waals surface area (Å²) < 4.78 is 10.00. The van der Waals surface area contributed by atoms with E-state index in [1.54, 1.807) is 0 Å². The topological polar surface area (TPSA) is 109 Å². The van der Waals surface area contributed by atoms with Crippen molar-refractivity contribution in [2.24, 2.45) is 5.90 Å². The molecule has 3 N–H and O–H groups in total. The predicted octanol–water partition coefficient (Wildman–Crippen LogP) is 5.03. The lowest BCUT2D eigenvalue weighted by molar-refractivity contribution is -0.155. The number of hydrogen-bond acceptors (Lipinski definition) is 8. The van der Waals surface area contributed by atoms with Crippen molar-refractivity contribution in [3.8, 4) is 0 Å². The normalized spacial score (nSPS) is 10.6. The zero-order chi connectivity index (χ0) is 27.5. The van der Waals surface area contributed by atoms with Gasteiger partial charge in [0.15, 0.2) is 0 Å². The summed E-state index contributed by atoms with van der Waals surface area (Å²) in [5.41, 5.74) is 4.11. The van der Waals surface area contributed by atoms with E-state index in [4.69, 9.17) is 20.2 Å². The van der Waals surface area contributed by atoms with Crippen molar-refractivity contribution >= 4 is 11.9 Å². The van der Waals surface area contributed by atoms with Crippen molar-refractivity contribution in [1.29, 1.82) is 0 Å². The minimum Gasteiger partial charge on any atom is -0.460 e. The molecule has 2 aromatic carbocycles. The summed E-state index contributed by atoms with van der Waals surface area (Å²) >= 11 is 0. The number of esters is 2. The van der Waals surface area contributed by atoms with E-state index in [1.165, 1.54) is 0 Å². The number of hydroxylamine groups is 1. The molecule has 0 saturated heterocycles. The van der Waals surface area contributed by atoms with Crippen LogP contribution in [0.3, 0.4) is 0 Å². The summed E-state index contributed by atoms with van der Waals surface area (Å²) in [7, 11) is 0. The number of rotatable bonds is 9. The van der Waals surface area contributed by atoms with Crippen molar-refractivity contribution in [2.75, 3.05) is 6.54 Å². The van der Waals surface area contributed by atoms with Crippen LogP contribution in [-0.2, 0) is 42.0 Å². The Morgan fingerprint density at radius 1 is 0.833 bits per heavy atom. The van der Waals surface area contributed by atoms with Gasteiger partial charge in [0.05, 0.1) is 19.6 Å². The standard InChI is InChI=1S/C14H21NO3.C7H9NO.C7H12O2/c1-14(2,3)18-13(16)9-10-15-17-11-12-7-5-4-6-8-12;8-9-6-7-4-2-1-3-5-7;1-5-6(8)9-7(2,3)4/h4-8,15H,9-11H2,1-3H3;1-5H,6,8H2;5H,1H2,2-4H3. The quantitative estimate of drug-likeness (QED) is 0.213. The lowest BCUT2D eigenvalue weighted by atomic mass is 10.2. The zero-order valence-electron chi connectivity index (χ0n) is 22.4. The van der Waals surface area contributed by atoms with Gasteiger partial charge in [0, 0.05) is 12.6 Å². The van der Waals surface area contributed by atoms with Crippen molar-refractivity contribution in [3.63, 3.8) is 0 Å². The monoisotopic (exact) mass is 502 g/mol. The summed E-state index contributed by atoms with van der Waals surface area (Å²) in [5, 5.41) is 0. The second-order valence-electron chi connectivity index (χ2n) is 9.54. The molecule has 2 aromatic rings. The Bertz CT molecular complexity index is 859. The fraction of sp³-hybridized carbons (Fsp3) is 0.429. The van der Waals surface area contributed by atoms with Crippen molar-refractivity contribution in [2.45, 2.75) is 72.4 Å². The van der Waals surface area contributed by atoms with Gasteiger partial charge in [0.2, 0.25) is 0 Å². The maximum Gasteiger partial charge on any atom is 0.330 e. The SMILES string of the molecule is C=CC(=O)OC(C)(C)C.CC(C)(C)OC(=O)CCNOCc1ccccc1.NOCc1ccccc1. The molecule has 8 heteroatoms. The molecule has 8 nitrogen and oxygen atoms in total. The van der Waals surface area contributed by atoms with Gasteiger partial charge in [-0.05, 0) is 52.7 Å². The first kappa shape index (κ1) is 33.0. The molecule has 0 unspecified atom stereocenters. The van der Waals surface area contributed by atoms with E-state index in [1.807, 2.05) is 102 Å². The van der Waals surface area contributed by atoms with E-state index in [0.717, 1.165) is 17.2 Å². The predicted molar refractivity (Wildman–Crippen MR) is 141 cm³/mol. The van der Waals surface area contributed by atoms with Gasteiger partial charge in [-0.1, -0.05) is 67.2 Å². The van der Waals surface area contributed by atoms with Gasteiger partial charge in [-0.3, -0.25) is 14.5 Å². The van der Waals surface area contributed by atoms with Crippen molar-refractivity contribution < 1.29 is 28.7 Å². The molecule has 0 aliphatic rings. The van der Waals surface area contributed by atoms with E-state index < -0.39 is 11.2 Å². The molecular weight excluding hydrogens is 460 g/mol. The Kier molecular flexibility index (Phi) is 16.7. The highest BCUT2D eigenvalue weighted by Gasteiger charge is 2.15. The van der Waals surface area contributed by atoms with E-state index in [2.05, 4.69) is 16.9 Å². The first-order chi connectivity index (χ1) is 16.9. The van der Waals surface area contributed by atoms with Gasteiger partial charge >= 0.3 is 11.9 Å². The van der Waals surface area contributed by atoms with Crippen LogP contribution in [0.25, 0.3) is 0 Å². The Morgan fingerprint density at radius 3 is 1.69 bits per heavy atom. The van der Waals surface area contributed by atoms with Gasteiger partial charge in [-0.15, -0.1) is 0 Å². The average Bonchev–Trinajstić information content (AvgIpc) is 2.79. The third-order valence-corrected chi connectivity index (χ3v) is 3.70. The summed E-state index contributed by atoms with van der Waals surface area (Å²) in [6, 6.07) is 19.6. The molecule has 0 atom stereocenters. The lowest BCUT2D eigenvalue weighted by Crippen LogP contribution is -2.26. The number of nitrogens with two attached hydrogens (primary N) is 1. The Balaban J connectivity index is 0.000000570. The first-order valence-electron chi connectivity index (χ1n) is 11.7. The van der Waals surface area contributed by atoms with E-state index >= 15 is 0 Å². The van der Waals surface area contributed by atoms with Crippen LogP contribution in [0.1, 0.15) is 59.1 Å². The van der Waals surface area contributed by atoms with Crippen LogP contribution in [0.5, 0.6) is 0 Å². The van der Waals surface area contributed by atoms with Gasteiger partial charge in [-0.25, -0.2) is 16.2 Å². The molecule has 0 bridgehead atoms. The molecule has 0 aliphatic heterocycles.